The molecule has 4 bridgehead atoms. The van der Waals surface area contributed by atoms with E-state index in [1.165, 1.54) is 77.0 Å². The van der Waals surface area contributed by atoms with Gasteiger partial charge in [0.2, 0.25) is 0 Å². The van der Waals surface area contributed by atoms with Gasteiger partial charge in [-0.3, -0.25) is 4.79 Å². The van der Waals surface area contributed by atoms with Crippen LogP contribution in [0.2, 0.25) is 0 Å². The van der Waals surface area contributed by atoms with Gasteiger partial charge in [-0.05, 0) is 136 Å². The second-order valence-electron chi connectivity index (χ2n) is 15.2. The standard InChI is InChI=1S/C35H52O3/c1-22(6-4-8-33(38)35-19-24-14-25(20-35)16-26(15-24)21-35)30-11-12-31-27(7-5-13-34(30,31)3)9-10-28-17-29(36)18-32(37)23(28)2/h9-10,22,24-26,29-32,36-37H,2,4-8,11-21H2,1,3H3/b27-9+,28-10-/t22-,24?,25?,26?,29-,30?,31?,32+,34-,35?/m1/s1. The van der Waals surface area contributed by atoms with Crippen LogP contribution in [-0.2, 0) is 4.79 Å². The highest BCUT2D eigenvalue weighted by molar-refractivity contribution is 5.85. The minimum Gasteiger partial charge on any atom is -0.393 e. The quantitative estimate of drug-likeness (QED) is 0.361. The van der Waals surface area contributed by atoms with Crippen molar-refractivity contribution >= 4 is 5.78 Å². The average Bonchev–Trinajstić information content (AvgIpc) is 3.22. The summed E-state index contributed by atoms with van der Waals surface area (Å²) in [6, 6.07) is 0. The number of hydrogen-bond acceptors (Lipinski definition) is 3. The third-order valence-electron chi connectivity index (χ3n) is 12.7. The number of rotatable bonds is 7. The molecule has 38 heavy (non-hydrogen) atoms. The van der Waals surface area contributed by atoms with Crippen LogP contribution in [0.25, 0.3) is 0 Å². The van der Waals surface area contributed by atoms with Crippen molar-refractivity contribution in [1.82, 2.24) is 0 Å². The molecule has 0 amide bonds. The summed E-state index contributed by atoms with van der Waals surface area (Å²) in [6.45, 7) is 9.13. The van der Waals surface area contributed by atoms with E-state index in [1.807, 2.05) is 0 Å². The van der Waals surface area contributed by atoms with Gasteiger partial charge in [0, 0.05) is 18.3 Å². The fourth-order valence-electron chi connectivity index (χ4n) is 11.2. The Balaban J connectivity index is 1.06. The van der Waals surface area contributed by atoms with Crippen LogP contribution < -0.4 is 0 Å². The van der Waals surface area contributed by atoms with Gasteiger partial charge in [0.1, 0.15) is 5.78 Å². The van der Waals surface area contributed by atoms with Crippen molar-refractivity contribution in [1.29, 1.82) is 0 Å². The highest BCUT2D eigenvalue weighted by Gasteiger charge is 2.54. The van der Waals surface area contributed by atoms with Crippen molar-refractivity contribution in [2.75, 3.05) is 0 Å². The molecular weight excluding hydrogens is 468 g/mol. The first-order valence-corrected chi connectivity index (χ1v) is 16.1. The molecule has 2 unspecified atom stereocenters. The molecule has 7 rings (SSSR count). The predicted octanol–water partition coefficient (Wildman–Crippen LogP) is 7.72. The monoisotopic (exact) mass is 520 g/mol. The van der Waals surface area contributed by atoms with E-state index in [-0.39, 0.29) is 5.41 Å². The van der Waals surface area contributed by atoms with Crippen molar-refractivity contribution in [3.63, 3.8) is 0 Å². The van der Waals surface area contributed by atoms with Gasteiger partial charge >= 0.3 is 0 Å². The number of aliphatic hydroxyl groups excluding tert-OH is 2. The predicted molar refractivity (Wildman–Crippen MR) is 153 cm³/mol. The number of ketones is 1. The second kappa shape index (κ2) is 10.3. The average molecular weight is 521 g/mol. The Labute approximate surface area is 231 Å². The summed E-state index contributed by atoms with van der Waals surface area (Å²) in [5.74, 6) is 5.26. The van der Waals surface area contributed by atoms with E-state index in [1.54, 1.807) is 5.57 Å². The largest absolute Gasteiger partial charge is 0.393 e. The molecular formula is C35H52O3. The Morgan fingerprint density at radius 1 is 1.05 bits per heavy atom. The molecule has 3 nitrogen and oxygen atoms in total. The number of carbonyl (C=O) groups excluding carboxylic acids is 1. The lowest BCUT2D eigenvalue weighted by Gasteiger charge is -2.56. The number of fused-ring (bicyclic) bond motifs is 1. The number of aliphatic hydroxyl groups is 2. The fraction of sp³-hybridized carbons (Fsp3) is 0.800. The van der Waals surface area contributed by atoms with Crippen LogP contribution >= 0.6 is 0 Å². The summed E-state index contributed by atoms with van der Waals surface area (Å²) in [7, 11) is 0. The van der Waals surface area contributed by atoms with Crippen LogP contribution in [0.4, 0.5) is 0 Å². The maximum atomic E-state index is 13.5. The summed E-state index contributed by atoms with van der Waals surface area (Å²) in [5, 5.41) is 20.4. The van der Waals surface area contributed by atoms with E-state index in [0.717, 1.165) is 47.7 Å². The molecule has 7 aliphatic carbocycles. The van der Waals surface area contributed by atoms with Gasteiger partial charge < -0.3 is 10.2 Å². The molecule has 6 atom stereocenters. The Morgan fingerprint density at radius 3 is 2.42 bits per heavy atom. The van der Waals surface area contributed by atoms with E-state index in [0.29, 0.717) is 35.9 Å². The molecule has 0 saturated heterocycles. The molecule has 210 valence electrons. The van der Waals surface area contributed by atoms with Crippen LogP contribution in [0.3, 0.4) is 0 Å². The molecule has 7 saturated carbocycles. The topological polar surface area (TPSA) is 57.5 Å². The lowest BCUT2D eigenvalue weighted by molar-refractivity contribution is -0.144. The van der Waals surface area contributed by atoms with Gasteiger partial charge in [0.05, 0.1) is 12.2 Å². The molecule has 0 heterocycles. The van der Waals surface area contributed by atoms with Crippen molar-refractivity contribution in [3.8, 4) is 0 Å². The van der Waals surface area contributed by atoms with Crippen LogP contribution in [0.1, 0.15) is 117 Å². The maximum absolute atomic E-state index is 13.5. The molecule has 3 heteroatoms. The highest BCUT2D eigenvalue weighted by atomic mass is 16.3. The van der Waals surface area contributed by atoms with E-state index in [9.17, 15) is 15.0 Å². The second-order valence-corrected chi connectivity index (χ2v) is 15.2. The first kappa shape index (κ1) is 27.0. The van der Waals surface area contributed by atoms with E-state index in [2.05, 4.69) is 32.6 Å². The zero-order chi connectivity index (χ0) is 26.7. The van der Waals surface area contributed by atoms with Crippen LogP contribution in [0, 0.1) is 46.3 Å². The van der Waals surface area contributed by atoms with Crippen molar-refractivity contribution < 1.29 is 15.0 Å². The SMILES string of the molecule is C=C1/C(=C\C=C2/CCC[C@@]3(C)C2CCC3[C@H](C)CCCC(=O)C23CC4CC(CC(C4)C2)C3)C[C@@H](O)C[C@@H]1O. The Hall–Kier alpha value is -1.19. The third kappa shape index (κ3) is 4.83. The summed E-state index contributed by atoms with van der Waals surface area (Å²) < 4.78 is 0. The number of hydrogen-bond donors (Lipinski definition) is 2. The molecule has 0 spiro atoms. The van der Waals surface area contributed by atoms with E-state index in [4.69, 9.17) is 0 Å². The zero-order valence-electron chi connectivity index (χ0n) is 24.1. The third-order valence-corrected chi connectivity index (χ3v) is 12.7. The van der Waals surface area contributed by atoms with E-state index < -0.39 is 12.2 Å². The van der Waals surface area contributed by atoms with Gasteiger partial charge in [-0.1, -0.05) is 44.6 Å². The van der Waals surface area contributed by atoms with Crippen molar-refractivity contribution in [2.24, 2.45) is 46.3 Å². The van der Waals surface area contributed by atoms with Gasteiger partial charge in [-0.2, -0.15) is 0 Å². The Kier molecular flexibility index (Phi) is 7.34. The molecule has 2 N–H and O–H groups in total. The molecule has 0 radical (unpaired) electrons. The molecule has 7 aliphatic rings. The highest BCUT2D eigenvalue weighted by Crippen LogP contribution is 2.62. The normalized spacial score (nSPS) is 47.1. The minimum absolute atomic E-state index is 0.0791. The van der Waals surface area contributed by atoms with Crippen molar-refractivity contribution in [3.05, 3.63) is 35.5 Å². The van der Waals surface area contributed by atoms with Crippen LogP contribution in [0.15, 0.2) is 35.5 Å². The fourth-order valence-corrected chi connectivity index (χ4v) is 11.2. The van der Waals surface area contributed by atoms with Crippen LogP contribution in [0.5, 0.6) is 0 Å². The van der Waals surface area contributed by atoms with Crippen molar-refractivity contribution in [2.45, 2.75) is 129 Å². The number of allylic oxidation sites excluding steroid dienone is 3. The first-order chi connectivity index (χ1) is 18.2. The summed E-state index contributed by atoms with van der Waals surface area (Å²) in [5.41, 5.74) is 3.80. The van der Waals surface area contributed by atoms with Gasteiger partial charge in [0.15, 0.2) is 0 Å². The molecule has 0 aliphatic heterocycles. The molecule has 7 fully saturated rings. The molecule has 0 aromatic heterocycles. The van der Waals surface area contributed by atoms with Gasteiger partial charge in [-0.25, -0.2) is 0 Å². The minimum atomic E-state index is -0.619. The number of Topliss-reactive ketones (excluding diaryl/α,β-unsaturated/α-hetero) is 1. The summed E-state index contributed by atoms with van der Waals surface area (Å²) in [4.78, 5) is 13.5. The Bertz CT molecular complexity index is 967. The smallest absolute Gasteiger partial charge is 0.139 e. The van der Waals surface area contributed by atoms with Crippen LogP contribution in [-0.4, -0.2) is 28.2 Å². The lowest BCUT2D eigenvalue weighted by atomic mass is 9.48. The first-order valence-electron chi connectivity index (χ1n) is 16.1. The van der Waals surface area contributed by atoms with Gasteiger partial charge in [-0.15, -0.1) is 0 Å². The molecule has 0 aromatic rings. The molecule has 0 aromatic carbocycles. The maximum Gasteiger partial charge on any atom is 0.139 e. The van der Waals surface area contributed by atoms with E-state index >= 15 is 0 Å². The zero-order valence-corrected chi connectivity index (χ0v) is 24.1. The lowest BCUT2D eigenvalue weighted by Crippen LogP contribution is -2.50. The Morgan fingerprint density at radius 2 is 1.74 bits per heavy atom. The van der Waals surface area contributed by atoms with Gasteiger partial charge in [0.25, 0.3) is 0 Å². The summed E-state index contributed by atoms with van der Waals surface area (Å²) >= 11 is 0. The number of carbonyl (C=O) groups is 1. The summed E-state index contributed by atoms with van der Waals surface area (Å²) in [6.07, 6.45) is 21.7.